The molecule has 0 radical (unpaired) electrons. The van der Waals surface area contributed by atoms with Crippen molar-refractivity contribution in [3.05, 3.63) is 35.2 Å². The minimum atomic E-state index is -0.364. The third-order valence-corrected chi connectivity index (χ3v) is 5.16. The maximum atomic E-state index is 12.8. The molecule has 0 aliphatic heterocycles. The fraction of sp³-hybridized carbons (Fsp3) is 0.389. The van der Waals surface area contributed by atoms with Gasteiger partial charge in [0.15, 0.2) is 5.82 Å². The van der Waals surface area contributed by atoms with Crippen LogP contribution in [0.1, 0.15) is 32.1 Å². The largest absolute Gasteiger partial charge is 0.449 e. The van der Waals surface area contributed by atoms with Crippen molar-refractivity contribution in [1.29, 1.82) is 0 Å². The van der Waals surface area contributed by atoms with E-state index in [0.717, 1.165) is 23.9 Å². The average molecular weight is 341 g/mol. The SMILES string of the molecule is O=C(OCC1CCCCC1)n1c(-c2cscn2)nc2ccccc21. The summed E-state index contributed by atoms with van der Waals surface area (Å²) in [6.07, 6.45) is 5.70. The molecule has 4 rings (SSSR count). The molecule has 3 aromatic rings. The lowest BCUT2D eigenvalue weighted by Crippen LogP contribution is -2.21. The summed E-state index contributed by atoms with van der Waals surface area (Å²) in [5, 5.41) is 1.89. The normalized spacial score (nSPS) is 15.7. The maximum Gasteiger partial charge on any atom is 0.420 e. The van der Waals surface area contributed by atoms with E-state index in [1.165, 1.54) is 30.6 Å². The first kappa shape index (κ1) is 15.3. The van der Waals surface area contributed by atoms with Gasteiger partial charge >= 0.3 is 6.09 Å². The van der Waals surface area contributed by atoms with Crippen LogP contribution in [0.15, 0.2) is 35.2 Å². The van der Waals surface area contributed by atoms with Gasteiger partial charge in [0.2, 0.25) is 0 Å². The number of para-hydroxylation sites is 2. The summed E-state index contributed by atoms with van der Waals surface area (Å²) < 4.78 is 7.18. The van der Waals surface area contributed by atoms with Crippen LogP contribution in [0.3, 0.4) is 0 Å². The molecule has 1 aliphatic rings. The second-order valence-electron chi connectivity index (χ2n) is 6.21. The summed E-state index contributed by atoms with van der Waals surface area (Å²) in [4.78, 5) is 21.6. The topological polar surface area (TPSA) is 57.0 Å². The van der Waals surface area contributed by atoms with Crippen LogP contribution >= 0.6 is 11.3 Å². The van der Waals surface area contributed by atoms with Crippen molar-refractivity contribution in [2.24, 2.45) is 5.92 Å². The fourth-order valence-corrected chi connectivity index (χ4v) is 3.84. The number of nitrogens with zero attached hydrogens (tertiary/aromatic N) is 3. The third kappa shape index (κ3) is 2.94. The first-order valence-electron chi connectivity index (χ1n) is 8.36. The Hall–Kier alpha value is -2.21. The molecule has 5 nitrogen and oxygen atoms in total. The molecule has 0 atom stereocenters. The molecular weight excluding hydrogens is 322 g/mol. The number of aromatic nitrogens is 3. The van der Waals surface area contributed by atoms with Crippen molar-refractivity contribution in [2.45, 2.75) is 32.1 Å². The van der Waals surface area contributed by atoms with Crippen molar-refractivity contribution in [1.82, 2.24) is 14.5 Å². The zero-order valence-corrected chi connectivity index (χ0v) is 14.2. The minimum absolute atomic E-state index is 0.364. The summed E-state index contributed by atoms with van der Waals surface area (Å²) in [5.74, 6) is 1.03. The van der Waals surface area contributed by atoms with Crippen LogP contribution in [0, 0.1) is 5.92 Å². The Morgan fingerprint density at radius 2 is 2.08 bits per heavy atom. The van der Waals surface area contributed by atoms with E-state index in [9.17, 15) is 4.79 Å². The van der Waals surface area contributed by atoms with Gasteiger partial charge in [0.1, 0.15) is 5.69 Å². The van der Waals surface area contributed by atoms with E-state index in [-0.39, 0.29) is 6.09 Å². The standard InChI is InChI=1S/C18H19N3O2S/c22-18(23-10-13-6-2-1-3-7-13)21-16-9-5-4-8-14(16)20-17(21)15-11-24-12-19-15/h4-5,8-9,11-13H,1-3,6-7,10H2. The number of rotatable bonds is 3. The van der Waals surface area contributed by atoms with Crippen LogP contribution in [0.5, 0.6) is 0 Å². The van der Waals surface area contributed by atoms with Crippen LogP contribution in [-0.2, 0) is 4.74 Å². The Kier molecular flexibility index (Phi) is 4.30. The lowest BCUT2D eigenvalue weighted by atomic mass is 9.90. The zero-order valence-electron chi connectivity index (χ0n) is 13.4. The monoisotopic (exact) mass is 341 g/mol. The van der Waals surface area contributed by atoms with Gasteiger partial charge in [-0.2, -0.15) is 0 Å². The van der Waals surface area contributed by atoms with Crippen LogP contribution in [0.4, 0.5) is 4.79 Å². The molecule has 2 heterocycles. The second-order valence-corrected chi connectivity index (χ2v) is 6.93. The van der Waals surface area contributed by atoms with Gasteiger partial charge < -0.3 is 4.74 Å². The van der Waals surface area contributed by atoms with Gasteiger partial charge in [0.05, 0.1) is 23.2 Å². The van der Waals surface area contributed by atoms with Crippen molar-refractivity contribution in [3.8, 4) is 11.5 Å². The molecule has 2 aromatic heterocycles. The van der Waals surface area contributed by atoms with Crippen LogP contribution in [0.25, 0.3) is 22.6 Å². The van der Waals surface area contributed by atoms with E-state index in [0.29, 0.717) is 24.0 Å². The van der Waals surface area contributed by atoms with E-state index in [4.69, 9.17) is 4.74 Å². The molecule has 1 fully saturated rings. The van der Waals surface area contributed by atoms with Crippen LogP contribution in [-0.4, -0.2) is 27.2 Å². The fourth-order valence-electron chi connectivity index (χ4n) is 3.31. The molecule has 1 aliphatic carbocycles. The number of hydrogen-bond acceptors (Lipinski definition) is 5. The molecule has 1 saturated carbocycles. The average Bonchev–Trinajstić information content (AvgIpc) is 3.27. The van der Waals surface area contributed by atoms with Gasteiger partial charge in [-0.25, -0.2) is 19.3 Å². The molecule has 0 spiro atoms. The molecule has 124 valence electrons. The highest BCUT2D eigenvalue weighted by Crippen LogP contribution is 2.26. The molecule has 1 aromatic carbocycles. The van der Waals surface area contributed by atoms with E-state index in [1.807, 2.05) is 29.6 Å². The summed E-state index contributed by atoms with van der Waals surface area (Å²) in [6.45, 7) is 0.488. The van der Waals surface area contributed by atoms with Gasteiger partial charge in [-0.3, -0.25) is 0 Å². The number of imidazole rings is 1. The number of fused-ring (bicyclic) bond motifs is 1. The number of benzene rings is 1. The van der Waals surface area contributed by atoms with E-state index < -0.39 is 0 Å². The van der Waals surface area contributed by atoms with Crippen molar-refractivity contribution >= 4 is 28.5 Å². The first-order valence-corrected chi connectivity index (χ1v) is 9.30. The number of ether oxygens (including phenoxy) is 1. The Bertz CT molecular complexity index is 835. The molecule has 0 unspecified atom stereocenters. The van der Waals surface area contributed by atoms with Gasteiger partial charge in [-0.15, -0.1) is 11.3 Å². The highest BCUT2D eigenvalue weighted by Gasteiger charge is 2.22. The van der Waals surface area contributed by atoms with Crippen molar-refractivity contribution in [3.63, 3.8) is 0 Å². The van der Waals surface area contributed by atoms with Gasteiger partial charge in [0.25, 0.3) is 0 Å². The Morgan fingerprint density at radius 1 is 1.25 bits per heavy atom. The van der Waals surface area contributed by atoms with E-state index >= 15 is 0 Å². The lowest BCUT2D eigenvalue weighted by Gasteiger charge is -2.21. The molecular formula is C18H19N3O2S. The maximum absolute atomic E-state index is 12.8. The zero-order chi connectivity index (χ0) is 16.4. The number of hydrogen-bond donors (Lipinski definition) is 0. The highest BCUT2D eigenvalue weighted by atomic mass is 32.1. The van der Waals surface area contributed by atoms with E-state index in [1.54, 1.807) is 10.1 Å². The lowest BCUT2D eigenvalue weighted by molar-refractivity contribution is 0.118. The Labute approximate surface area is 144 Å². The second kappa shape index (κ2) is 6.73. The van der Waals surface area contributed by atoms with Crippen molar-refractivity contribution < 1.29 is 9.53 Å². The highest BCUT2D eigenvalue weighted by molar-refractivity contribution is 7.07. The smallest absolute Gasteiger partial charge is 0.420 e. The number of carbonyl (C=O) groups excluding carboxylic acids is 1. The predicted octanol–water partition coefficient (Wildman–Crippen LogP) is 4.72. The first-order chi connectivity index (χ1) is 11.8. The van der Waals surface area contributed by atoms with Gasteiger partial charge in [-0.05, 0) is 30.9 Å². The molecule has 6 heteroatoms. The Balaban J connectivity index is 1.64. The quantitative estimate of drug-likeness (QED) is 0.691. The number of thiazole rings is 1. The molecule has 0 amide bonds. The van der Waals surface area contributed by atoms with Gasteiger partial charge in [-0.1, -0.05) is 31.4 Å². The summed E-state index contributed by atoms with van der Waals surface area (Å²) in [6, 6.07) is 7.60. The third-order valence-electron chi connectivity index (χ3n) is 4.57. The predicted molar refractivity (Wildman–Crippen MR) is 94.2 cm³/mol. The Morgan fingerprint density at radius 3 is 2.88 bits per heavy atom. The summed E-state index contributed by atoms with van der Waals surface area (Å²) in [5.41, 5.74) is 3.97. The molecule has 0 N–H and O–H groups in total. The molecule has 0 bridgehead atoms. The summed E-state index contributed by atoms with van der Waals surface area (Å²) >= 11 is 1.48. The van der Waals surface area contributed by atoms with E-state index in [2.05, 4.69) is 9.97 Å². The van der Waals surface area contributed by atoms with Crippen molar-refractivity contribution in [2.75, 3.05) is 6.61 Å². The summed E-state index contributed by atoms with van der Waals surface area (Å²) in [7, 11) is 0. The molecule has 24 heavy (non-hydrogen) atoms. The van der Waals surface area contributed by atoms with Gasteiger partial charge in [0, 0.05) is 5.38 Å². The number of carbonyl (C=O) groups is 1. The van der Waals surface area contributed by atoms with Crippen LogP contribution in [0.2, 0.25) is 0 Å². The molecule has 0 saturated heterocycles. The minimum Gasteiger partial charge on any atom is -0.449 e. The van der Waals surface area contributed by atoms with Crippen LogP contribution < -0.4 is 0 Å².